The number of para-hydroxylation sites is 1. The number of fused-ring (bicyclic) bond motifs is 1. The minimum atomic E-state index is -0.637. The molecule has 0 bridgehead atoms. The van der Waals surface area contributed by atoms with Crippen molar-refractivity contribution in [1.29, 1.82) is 0 Å². The van der Waals surface area contributed by atoms with E-state index in [0.717, 1.165) is 26.4 Å². The number of aryl methyl sites for hydroxylation is 1. The molecule has 1 atom stereocenters. The summed E-state index contributed by atoms with van der Waals surface area (Å²) in [5.74, 6) is 0. The highest BCUT2D eigenvalue weighted by Gasteiger charge is 2.15. The summed E-state index contributed by atoms with van der Waals surface area (Å²) < 4.78 is 1.11. The maximum absolute atomic E-state index is 10.4. The number of thiazole rings is 1. The molecule has 1 aromatic heterocycles. The summed E-state index contributed by atoms with van der Waals surface area (Å²) in [6.45, 7) is 2.02. The van der Waals surface area contributed by atoms with E-state index in [2.05, 4.69) is 4.98 Å². The molecular weight excluding hydrogens is 242 g/mol. The van der Waals surface area contributed by atoms with E-state index in [1.807, 2.05) is 55.5 Å². The number of hydrogen-bond acceptors (Lipinski definition) is 3. The quantitative estimate of drug-likeness (QED) is 0.757. The Morgan fingerprint density at radius 1 is 1.11 bits per heavy atom. The fourth-order valence-electron chi connectivity index (χ4n) is 1.99. The van der Waals surface area contributed by atoms with Gasteiger partial charge in [-0.1, -0.05) is 42.0 Å². The number of hydrogen-bond donors (Lipinski definition) is 1. The van der Waals surface area contributed by atoms with Crippen LogP contribution in [0.3, 0.4) is 0 Å². The molecule has 3 rings (SSSR count). The molecule has 3 aromatic rings. The predicted octanol–water partition coefficient (Wildman–Crippen LogP) is 3.69. The largest absolute Gasteiger partial charge is 0.381 e. The topological polar surface area (TPSA) is 33.1 Å². The molecule has 18 heavy (non-hydrogen) atoms. The van der Waals surface area contributed by atoms with Crippen LogP contribution in [0.5, 0.6) is 0 Å². The predicted molar refractivity (Wildman–Crippen MR) is 74.9 cm³/mol. The van der Waals surface area contributed by atoms with Gasteiger partial charge in [0.15, 0.2) is 0 Å². The zero-order valence-corrected chi connectivity index (χ0v) is 10.8. The Morgan fingerprint density at radius 2 is 1.94 bits per heavy atom. The molecule has 2 nitrogen and oxygen atoms in total. The minimum Gasteiger partial charge on any atom is -0.381 e. The van der Waals surface area contributed by atoms with Gasteiger partial charge in [0.1, 0.15) is 11.1 Å². The van der Waals surface area contributed by atoms with Crippen molar-refractivity contribution in [2.45, 2.75) is 13.0 Å². The van der Waals surface area contributed by atoms with Crippen LogP contribution in [0.25, 0.3) is 10.2 Å². The van der Waals surface area contributed by atoms with E-state index >= 15 is 0 Å². The first-order chi connectivity index (χ1) is 8.74. The van der Waals surface area contributed by atoms with Gasteiger partial charge in [-0.25, -0.2) is 4.98 Å². The standard InChI is InChI=1S/C15H13NOS/c1-10-5-4-6-11(9-10)14(17)15-16-12-7-2-3-8-13(12)18-15/h2-9,14,17H,1H3. The Kier molecular flexibility index (Phi) is 2.86. The van der Waals surface area contributed by atoms with Gasteiger partial charge in [-0.15, -0.1) is 11.3 Å². The molecule has 0 radical (unpaired) electrons. The first-order valence-corrected chi connectivity index (χ1v) is 6.66. The van der Waals surface area contributed by atoms with Gasteiger partial charge in [0.05, 0.1) is 10.2 Å². The second-order valence-corrected chi connectivity index (χ2v) is 5.40. The lowest BCUT2D eigenvalue weighted by Gasteiger charge is -2.08. The summed E-state index contributed by atoms with van der Waals surface area (Å²) >= 11 is 1.54. The molecule has 0 aliphatic rings. The van der Waals surface area contributed by atoms with E-state index in [0.29, 0.717) is 0 Å². The Bertz CT molecular complexity index is 657. The van der Waals surface area contributed by atoms with Crippen molar-refractivity contribution in [1.82, 2.24) is 4.98 Å². The highest BCUT2D eigenvalue weighted by molar-refractivity contribution is 7.18. The maximum atomic E-state index is 10.4. The molecule has 0 spiro atoms. The van der Waals surface area contributed by atoms with Gasteiger partial charge in [-0.3, -0.25) is 0 Å². The summed E-state index contributed by atoms with van der Waals surface area (Å²) in [6.07, 6.45) is -0.637. The highest BCUT2D eigenvalue weighted by Crippen LogP contribution is 2.30. The van der Waals surface area contributed by atoms with Gasteiger partial charge in [-0.05, 0) is 24.6 Å². The van der Waals surface area contributed by atoms with Crippen molar-refractivity contribution in [3.63, 3.8) is 0 Å². The Balaban J connectivity index is 2.03. The number of aromatic nitrogens is 1. The normalized spacial score (nSPS) is 12.8. The van der Waals surface area contributed by atoms with Crippen molar-refractivity contribution < 1.29 is 5.11 Å². The number of rotatable bonds is 2. The van der Waals surface area contributed by atoms with E-state index in [4.69, 9.17) is 0 Å². The van der Waals surface area contributed by atoms with E-state index in [1.165, 1.54) is 0 Å². The van der Waals surface area contributed by atoms with Gasteiger partial charge in [0, 0.05) is 0 Å². The molecule has 1 N–H and O–H groups in total. The second-order valence-electron chi connectivity index (χ2n) is 4.34. The molecule has 0 saturated carbocycles. The lowest BCUT2D eigenvalue weighted by molar-refractivity contribution is 0.220. The molecule has 3 heteroatoms. The number of nitrogens with zero attached hydrogens (tertiary/aromatic N) is 1. The molecule has 1 unspecified atom stereocenters. The summed E-state index contributed by atoms with van der Waals surface area (Å²) in [7, 11) is 0. The minimum absolute atomic E-state index is 0.637. The van der Waals surface area contributed by atoms with Crippen LogP contribution in [0.15, 0.2) is 48.5 Å². The number of aliphatic hydroxyl groups is 1. The maximum Gasteiger partial charge on any atom is 0.131 e. The summed E-state index contributed by atoms with van der Waals surface area (Å²) in [4.78, 5) is 4.49. The SMILES string of the molecule is Cc1cccc(C(O)c2nc3ccccc3s2)c1. The third-order valence-electron chi connectivity index (χ3n) is 2.90. The van der Waals surface area contributed by atoms with Gasteiger partial charge < -0.3 is 5.11 Å². The van der Waals surface area contributed by atoms with Crippen LogP contribution in [-0.4, -0.2) is 10.1 Å². The summed E-state index contributed by atoms with van der Waals surface area (Å²) in [5, 5.41) is 11.1. The molecule has 2 aromatic carbocycles. The molecule has 0 saturated heterocycles. The van der Waals surface area contributed by atoms with Crippen molar-refractivity contribution in [2.75, 3.05) is 0 Å². The lowest BCUT2D eigenvalue weighted by atomic mass is 10.1. The Hall–Kier alpha value is -1.71. The smallest absolute Gasteiger partial charge is 0.131 e. The zero-order valence-electron chi connectivity index (χ0n) is 10.00. The molecule has 90 valence electrons. The average Bonchev–Trinajstić information content (AvgIpc) is 2.81. The highest BCUT2D eigenvalue weighted by atomic mass is 32.1. The van der Waals surface area contributed by atoms with Crippen molar-refractivity contribution in [3.8, 4) is 0 Å². The van der Waals surface area contributed by atoms with Crippen molar-refractivity contribution >= 4 is 21.6 Å². The van der Waals surface area contributed by atoms with Gasteiger partial charge >= 0.3 is 0 Å². The van der Waals surface area contributed by atoms with Crippen LogP contribution >= 0.6 is 11.3 Å². The van der Waals surface area contributed by atoms with E-state index < -0.39 is 6.10 Å². The molecular formula is C15H13NOS. The van der Waals surface area contributed by atoms with Gasteiger partial charge in [0.2, 0.25) is 0 Å². The average molecular weight is 255 g/mol. The fraction of sp³-hybridized carbons (Fsp3) is 0.133. The molecule has 0 fully saturated rings. The van der Waals surface area contributed by atoms with Crippen molar-refractivity contribution in [2.24, 2.45) is 0 Å². The van der Waals surface area contributed by atoms with E-state index in [9.17, 15) is 5.11 Å². The van der Waals surface area contributed by atoms with Gasteiger partial charge in [-0.2, -0.15) is 0 Å². The molecule has 0 aliphatic carbocycles. The van der Waals surface area contributed by atoms with Crippen LogP contribution < -0.4 is 0 Å². The Morgan fingerprint density at radius 3 is 2.72 bits per heavy atom. The number of benzene rings is 2. The van der Waals surface area contributed by atoms with Crippen LogP contribution in [0.4, 0.5) is 0 Å². The summed E-state index contributed by atoms with van der Waals surface area (Å²) in [5.41, 5.74) is 2.99. The first-order valence-electron chi connectivity index (χ1n) is 5.84. The third kappa shape index (κ3) is 2.03. The van der Waals surface area contributed by atoms with Crippen LogP contribution in [0, 0.1) is 6.92 Å². The fourth-order valence-corrected chi connectivity index (χ4v) is 2.97. The second kappa shape index (κ2) is 4.52. The van der Waals surface area contributed by atoms with Crippen LogP contribution in [0.1, 0.15) is 22.2 Å². The Labute approximate surface area is 110 Å². The van der Waals surface area contributed by atoms with Crippen LogP contribution in [-0.2, 0) is 0 Å². The monoisotopic (exact) mass is 255 g/mol. The zero-order chi connectivity index (χ0) is 12.5. The van der Waals surface area contributed by atoms with Crippen molar-refractivity contribution in [3.05, 3.63) is 64.7 Å². The van der Waals surface area contributed by atoms with E-state index in [1.54, 1.807) is 11.3 Å². The van der Waals surface area contributed by atoms with Gasteiger partial charge in [0.25, 0.3) is 0 Å². The first kappa shape index (κ1) is 11.4. The molecule has 0 aliphatic heterocycles. The van der Waals surface area contributed by atoms with E-state index in [-0.39, 0.29) is 0 Å². The number of aliphatic hydroxyl groups excluding tert-OH is 1. The third-order valence-corrected chi connectivity index (χ3v) is 3.99. The summed E-state index contributed by atoms with van der Waals surface area (Å²) in [6, 6.07) is 15.9. The molecule has 0 amide bonds. The lowest BCUT2D eigenvalue weighted by Crippen LogP contribution is -1.98. The van der Waals surface area contributed by atoms with Crippen LogP contribution in [0.2, 0.25) is 0 Å². The molecule has 1 heterocycles.